The van der Waals surface area contributed by atoms with Crippen molar-refractivity contribution in [3.05, 3.63) is 0 Å². The van der Waals surface area contributed by atoms with Gasteiger partial charge in [-0.15, -0.1) is 0 Å². The molecule has 8 atom stereocenters. The van der Waals surface area contributed by atoms with Gasteiger partial charge in [0.25, 0.3) is 0 Å². The molecule has 0 saturated heterocycles. The first-order valence-electron chi connectivity index (χ1n) is 12.7. The molecule has 0 bridgehead atoms. The average Bonchev–Trinajstić information content (AvgIpc) is 2.83. The Balaban J connectivity index is -0.000000216. The summed E-state index contributed by atoms with van der Waals surface area (Å²) in [6.45, 7) is 10.7. The van der Waals surface area contributed by atoms with Gasteiger partial charge in [0.2, 0.25) is 0 Å². The van der Waals surface area contributed by atoms with Crippen LogP contribution >= 0.6 is 0 Å². The van der Waals surface area contributed by atoms with Gasteiger partial charge >= 0.3 is 24.7 Å². The van der Waals surface area contributed by atoms with Gasteiger partial charge in [-0.2, -0.15) is 52.7 Å². The maximum Gasteiger partial charge on any atom is 0.391 e. The molecule has 3 nitrogen and oxygen atoms in total. The van der Waals surface area contributed by atoms with Crippen molar-refractivity contribution in [3.8, 4) is 0 Å². The molecule has 0 rings (SSSR count). The van der Waals surface area contributed by atoms with Crippen LogP contribution in [0, 0.1) is 47.3 Å². The minimum absolute atomic E-state index is 0.264. The van der Waals surface area contributed by atoms with Crippen LogP contribution < -0.4 is 0 Å². The standard InChI is InChI=1S/C7H13F3.3C6H11F3O/c1-4-5(2)6(3)7(8,9)10;3*1-4(3-10)5(2)6(7,8)9/h5-6H,4H2,1-3H3;3*4-5,10H,3H2,1-2H3/t5-,6-;3*4-,5-/m0110/s1. The van der Waals surface area contributed by atoms with Crippen molar-refractivity contribution in [1.82, 2.24) is 0 Å². The fourth-order valence-electron chi connectivity index (χ4n) is 2.12. The van der Waals surface area contributed by atoms with E-state index in [4.69, 9.17) is 15.3 Å². The molecule has 0 heterocycles. The van der Waals surface area contributed by atoms with Crippen LogP contribution in [0.3, 0.4) is 0 Å². The molecule has 0 aromatic heterocycles. The van der Waals surface area contributed by atoms with E-state index in [2.05, 4.69) is 0 Å². The maximum absolute atomic E-state index is 11.9. The van der Waals surface area contributed by atoms with Crippen LogP contribution in [-0.2, 0) is 0 Å². The predicted octanol–water partition coefficient (Wildman–Crippen LogP) is 8.67. The molecule has 3 N–H and O–H groups in total. The lowest BCUT2D eigenvalue weighted by molar-refractivity contribution is -0.185. The normalized spacial score (nSPS) is 18.6. The molecule has 0 spiro atoms. The van der Waals surface area contributed by atoms with Crippen molar-refractivity contribution in [2.75, 3.05) is 19.8 Å². The van der Waals surface area contributed by atoms with E-state index < -0.39 is 86.0 Å². The number of rotatable bonds is 8. The molecule has 0 radical (unpaired) electrons. The molecule has 40 heavy (non-hydrogen) atoms. The summed E-state index contributed by atoms with van der Waals surface area (Å²) in [6, 6.07) is 0. The summed E-state index contributed by atoms with van der Waals surface area (Å²) >= 11 is 0. The number of hydrogen-bond acceptors (Lipinski definition) is 3. The Hall–Kier alpha value is -0.960. The van der Waals surface area contributed by atoms with Crippen molar-refractivity contribution < 1.29 is 68.0 Å². The molecule has 0 fully saturated rings. The second-order valence-corrected chi connectivity index (χ2v) is 10.2. The zero-order valence-electron chi connectivity index (χ0n) is 24.3. The zero-order valence-corrected chi connectivity index (χ0v) is 24.3. The molecule has 0 aromatic carbocycles. The van der Waals surface area contributed by atoms with Crippen molar-refractivity contribution >= 4 is 0 Å². The highest BCUT2D eigenvalue weighted by atomic mass is 19.4. The fourth-order valence-corrected chi connectivity index (χ4v) is 2.12. The van der Waals surface area contributed by atoms with Crippen LogP contribution in [0.5, 0.6) is 0 Å². The molecular weight excluding hydrogens is 576 g/mol. The fraction of sp³-hybridized carbons (Fsp3) is 1.00. The van der Waals surface area contributed by atoms with Crippen LogP contribution in [0.15, 0.2) is 0 Å². The molecular formula is C25H46F12O3. The Morgan fingerprint density at radius 3 is 0.575 bits per heavy atom. The Morgan fingerprint density at radius 2 is 0.525 bits per heavy atom. The molecule has 0 aliphatic heterocycles. The third-order valence-corrected chi connectivity index (χ3v) is 6.99. The van der Waals surface area contributed by atoms with Crippen molar-refractivity contribution in [3.63, 3.8) is 0 Å². The van der Waals surface area contributed by atoms with Gasteiger partial charge in [0.05, 0.1) is 23.7 Å². The van der Waals surface area contributed by atoms with Crippen molar-refractivity contribution in [1.29, 1.82) is 0 Å². The molecule has 15 heteroatoms. The minimum Gasteiger partial charge on any atom is -0.396 e. The average molecular weight is 623 g/mol. The Labute approximate surface area is 229 Å². The third kappa shape index (κ3) is 21.7. The van der Waals surface area contributed by atoms with Gasteiger partial charge in [0.1, 0.15) is 0 Å². The summed E-state index contributed by atoms with van der Waals surface area (Å²) in [5.74, 6) is -7.81. The summed E-state index contributed by atoms with van der Waals surface area (Å²) < 4.78 is 142. The van der Waals surface area contributed by atoms with Crippen LogP contribution in [0.2, 0.25) is 0 Å². The first-order valence-corrected chi connectivity index (χ1v) is 12.7. The van der Waals surface area contributed by atoms with Crippen molar-refractivity contribution in [2.24, 2.45) is 47.3 Å². The zero-order chi connectivity index (χ0) is 33.4. The largest absolute Gasteiger partial charge is 0.396 e. The summed E-state index contributed by atoms with van der Waals surface area (Å²) in [5.41, 5.74) is 0. The lowest BCUT2D eigenvalue weighted by atomic mass is 9.93. The molecule has 0 aliphatic carbocycles. The van der Waals surface area contributed by atoms with Gasteiger partial charge in [-0.1, -0.05) is 68.7 Å². The first-order chi connectivity index (χ1) is 17.6. The van der Waals surface area contributed by atoms with E-state index in [0.717, 1.165) is 20.8 Å². The number of halogens is 12. The SMILES string of the molecule is CC[C@H](C)[C@H](C)C(F)(F)F.C[C@@H](CO)[C@H](C)C(F)(F)F.C[C@H](CO)[C@@H](C)C(F)(F)F.C[C@H](CO)[C@@H](C)C(F)(F)F. The highest BCUT2D eigenvalue weighted by molar-refractivity contribution is 4.69. The Morgan fingerprint density at radius 1 is 0.375 bits per heavy atom. The summed E-state index contributed by atoms with van der Waals surface area (Å²) in [4.78, 5) is 0. The molecule has 248 valence electrons. The predicted molar refractivity (Wildman–Crippen MR) is 129 cm³/mol. The molecule has 0 amide bonds. The van der Waals surface area contributed by atoms with E-state index in [9.17, 15) is 52.7 Å². The quantitative estimate of drug-likeness (QED) is 0.238. The van der Waals surface area contributed by atoms with Crippen LogP contribution in [0.25, 0.3) is 0 Å². The molecule has 0 saturated carbocycles. The van der Waals surface area contributed by atoms with E-state index >= 15 is 0 Å². The Bertz CT molecular complexity index is 500. The molecule has 0 aliphatic rings. The summed E-state index contributed by atoms with van der Waals surface area (Å²) in [5, 5.41) is 25.1. The summed E-state index contributed by atoms with van der Waals surface area (Å²) in [6.07, 6.45) is -16.0. The van der Waals surface area contributed by atoms with Crippen LogP contribution in [0.1, 0.15) is 68.7 Å². The number of hydrogen-bond donors (Lipinski definition) is 3. The Kier molecular flexibility index (Phi) is 23.0. The number of alkyl halides is 12. The molecule has 0 unspecified atom stereocenters. The summed E-state index contributed by atoms with van der Waals surface area (Å²) in [7, 11) is 0. The van der Waals surface area contributed by atoms with E-state index in [0.29, 0.717) is 6.42 Å². The maximum atomic E-state index is 11.9. The van der Waals surface area contributed by atoms with Gasteiger partial charge in [0.15, 0.2) is 0 Å². The number of aliphatic hydroxyl groups excluding tert-OH is 3. The highest BCUT2D eigenvalue weighted by Gasteiger charge is 2.41. The minimum atomic E-state index is -4.18. The van der Waals surface area contributed by atoms with Crippen molar-refractivity contribution in [2.45, 2.75) is 93.4 Å². The van der Waals surface area contributed by atoms with E-state index in [1.54, 1.807) is 13.8 Å². The number of aliphatic hydroxyl groups is 3. The third-order valence-electron chi connectivity index (χ3n) is 6.99. The van der Waals surface area contributed by atoms with Gasteiger partial charge in [-0.05, 0) is 23.7 Å². The second kappa shape index (κ2) is 20.0. The van der Waals surface area contributed by atoms with Crippen LogP contribution in [-0.4, -0.2) is 59.8 Å². The smallest absolute Gasteiger partial charge is 0.391 e. The first kappa shape index (κ1) is 46.0. The lowest BCUT2D eigenvalue weighted by Crippen LogP contribution is -2.27. The van der Waals surface area contributed by atoms with E-state index in [1.165, 1.54) is 27.7 Å². The van der Waals surface area contributed by atoms with Gasteiger partial charge in [0, 0.05) is 19.8 Å². The lowest BCUT2D eigenvalue weighted by Gasteiger charge is -2.20. The van der Waals surface area contributed by atoms with Gasteiger partial charge in [-0.3, -0.25) is 0 Å². The monoisotopic (exact) mass is 622 g/mol. The second-order valence-electron chi connectivity index (χ2n) is 10.2. The van der Waals surface area contributed by atoms with Gasteiger partial charge in [-0.25, -0.2) is 0 Å². The van der Waals surface area contributed by atoms with E-state index in [1.807, 2.05) is 0 Å². The molecule has 0 aromatic rings. The van der Waals surface area contributed by atoms with Gasteiger partial charge < -0.3 is 15.3 Å². The highest BCUT2D eigenvalue weighted by Crippen LogP contribution is 2.33. The van der Waals surface area contributed by atoms with Crippen LogP contribution in [0.4, 0.5) is 52.7 Å². The van der Waals surface area contributed by atoms with E-state index in [-0.39, 0.29) is 5.92 Å². The topological polar surface area (TPSA) is 60.7 Å².